The normalized spacial score (nSPS) is 15.8. The van der Waals surface area contributed by atoms with Crippen molar-refractivity contribution in [3.63, 3.8) is 0 Å². The third-order valence-corrected chi connectivity index (χ3v) is 6.64. The van der Waals surface area contributed by atoms with Crippen molar-refractivity contribution in [2.24, 2.45) is 0 Å². The van der Waals surface area contributed by atoms with Gasteiger partial charge < -0.3 is 24.1 Å². The number of nitrogens with zero attached hydrogens (tertiary/aromatic N) is 2. The second-order valence-electron chi connectivity index (χ2n) is 7.78. The minimum atomic E-state index is -0.0824. The molecule has 1 aromatic carbocycles. The van der Waals surface area contributed by atoms with Crippen LogP contribution >= 0.6 is 11.3 Å². The van der Waals surface area contributed by atoms with Gasteiger partial charge >= 0.3 is 0 Å². The molecule has 0 spiro atoms. The minimum Gasteiger partial charge on any atom is -0.497 e. The zero-order valence-electron chi connectivity index (χ0n) is 18.7. The Hall–Kier alpha value is -2.68. The van der Waals surface area contributed by atoms with Gasteiger partial charge in [0.2, 0.25) is 0 Å². The molecule has 170 valence electrons. The maximum Gasteiger partial charge on any atom is 0.253 e. The predicted molar refractivity (Wildman–Crippen MR) is 125 cm³/mol. The number of rotatable bonds is 9. The first-order chi connectivity index (χ1) is 15.6. The molecule has 3 aromatic rings. The van der Waals surface area contributed by atoms with E-state index < -0.39 is 0 Å². The van der Waals surface area contributed by atoms with Crippen LogP contribution in [0.5, 0.6) is 5.75 Å². The Kier molecular flexibility index (Phi) is 7.24. The maximum atomic E-state index is 12.9. The van der Waals surface area contributed by atoms with Crippen LogP contribution in [-0.4, -0.2) is 55.5 Å². The lowest BCUT2D eigenvalue weighted by Crippen LogP contribution is -2.32. The molecule has 1 saturated heterocycles. The monoisotopic (exact) mass is 455 g/mol. The average molecular weight is 456 g/mol. The van der Waals surface area contributed by atoms with Crippen molar-refractivity contribution >= 4 is 17.2 Å². The van der Waals surface area contributed by atoms with Gasteiger partial charge in [0, 0.05) is 43.4 Å². The largest absolute Gasteiger partial charge is 0.497 e. The molecule has 32 heavy (non-hydrogen) atoms. The highest BCUT2D eigenvalue weighted by Gasteiger charge is 2.22. The fourth-order valence-corrected chi connectivity index (χ4v) is 4.74. The first-order valence-electron chi connectivity index (χ1n) is 10.8. The number of thiazole rings is 1. The van der Waals surface area contributed by atoms with E-state index >= 15 is 0 Å². The lowest BCUT2D eigenvalue weighted by atomic mass is 10.2. The van der Waals surface area contributed by atoms with Crippen molar-refractivity contribution in [3.8, 4) is 27.7 Å². The van der Waals surface area contributed by atoms with Crippen LogP contribution in [0, 0.1) is 6.92 Å². The number of carbonyl (C=O) groups is 1. The van der Waals surface area contributed by atoms with Gasteiger partial charge in [0.25, 0.3) is 5.91 Å². The summed E-state index contributed by atoms with van der Waals surface area (Å²) >= 11 is 1.58. The molecule has 2 aromatic heterocycles. The number of aromatic nitrogens is 2. The quantitative estimate of drug-likeness (QED) is 0.525. The van der Waals surface area contributed by atoms with Crippen LogP contribution in [0.3, 0.4) is 0 Å². The van der Waals surface area contributed by atoms with Gasteiger partial charge in [0.15, 0.2) is 0 Å². The van der Waals surface area contributed by atoms with Crippen molar-refractivity contribution in [2.45, 2.75) is 32.4 Å². The highest BCUT2D eigenvalue weighted by atomic mass is 32.1. The molecule has 0 saturated carbocycles. The number of methoxy groups -OCH3 is 2. The van der Waals surface area contributed by atoms with E-state index in [1.165, 1.54) is 0 Å². The molecule has 1 aliphatic heterocycles. The lowest BCUT2D eigenvalue weighted by Gasteiger charge is -2.12. The van der Waals surface area contributed by atoms with Gasteiger partial charge in [-0.3, -0.25) is 4.79 Å². The Morgan fingerprint density at radius 2 is 2.12 bits per heavy atom. The lowest BCUT2D eigenvalue weighted by molar-refractivity contribution is 0.0857. The van der Waals surface area contributed by atoms with Crippen molar-refractivity contribution in [2.75, 3.05) is 34.0 Å². The zero-order valence-corrected chi connectivity index (χ0v) is 19.5. The van der Waals surface area contributed by atoms with Crippen LogP contribution in [0.4, 0.5) is 0 Å². The Balaban J connectivity index is 1.59. The Bertz CT molecular complexity index is 1050. The number of ether oxygens (including phenoxy) is 3. The zero-order chi connectivity index (χ0) is 22.5. The number of carbonyl (C=O) groups excluding carboxylic acids is 1. The molecular weight excluding hydrogens is 426 g/mol. The van der Waals surface area contributed by atoms with Gasteiger partial charge in [-0.05, 0) is 50.1 Å². The van der Waals surface area contributed by atoms with Gasteiger partial charge in [-0.25, -0.2) is 4.98 Å². The summed E-state index contributed by atoms with van der Waals surface area (Å²) in [4.78, 5) is 17.8. The van der Waals surface area contributed by atoms with Gasteiger partial charge in [0.1, 0.15) is 10.8 Å². The number of hydrogen-bond donors (Lipinski definition) is 1. The second kappa shape index (κ2) is 10.3. The Morgan fingerprint density at radius 3 is 2.81 bits per heavy atom. The molecule has 1 aliphatic rings. The van der Waals surface area contributed by atoms with Gasteiger partial charge in [0.05, 0.1) is 36.8 Å². The molecule has 4 rings (SSSR count). The van der Waals surface area contributed by atoms with Crippen LogP contribution < -0.4 is 10.1 Å². The van der Waals surface area contributed by atoms with Crippen molar-refractivity contribution in [3.05, 3.63) is 47.0 Å². The Labute approximate surface area is 192 Å². The summed E-state index contributed by atoms with van der Waals surface area (Å²) < 4.78 is 18.3. The minimum absolute atomic E-state index is 0.0824. The van der Waals surface area contributed by atoms with Crippen LogP contribution in [0.15, 0.2) is 35.7 Å². The third-order valence-electron chi connectivity index (χ3n) is 5.75. The van der Waals surface area contributed by atoms with Crippen LogP contribution in [0.2, 0.25) is 0 Å². The highest BCUT2D eigenvalue weighted by molar-refractivity contribution is 7.13. The van der Waals surface area contributed by atoms with E-state index in [4.69, 9.17) is 19.2 Å². The smallest absolute Gasteiger partial charge is 0.253 e. The summed E-state index contributed by atoms with van der Waals surface area (Å²) in [5.74, 6) is 0.731. The fourth-order valence-electron chi connectivity index (χ4n) is 3.92. The molecule has 1 unspecified atom stereocenters. The number of benzene rings is 1. The summed E-state index contributed by atoms with van der Waals surface area (Å²) in [6, 6.07) is 9.79. The number of hydrogen-bond acceptors (Lipinski definition) is 6. The highest BCUT2D eigenvalue weighted by Crippen LogP contribution is 2.32. The summed E-state index contributed by atoms with van der Waals surface area (Å²) in [7, 11) is 3.33. The molecule has 0 bridgehead atoms. The van der Waals surface area contributed by atoms with Crippen molar-refractivity contribution in [1.82, 2.24) is 14.9 Å². The van der Waals surface area contributed by atoms with Crippen LogP contribution in [0.25, 0.3) is 22.0 Å². The Morgan fingerprint density at radius 1 is 1.31 bits per heavy atom. The van der Waals surface area contributed by atoms with E-state index in [2.05, 4.69) is 9.88 Å². The van der Waals surface area contributed by atoms with E-state index in [9.17, 15) is 4.79 Å². The first-order valence-corrected chi connectivity index (χ1v) is 11.7. The van der Waals surface area contributed by atoms with Gasteiger partial charge in [-0.2, -0.15) is 0 Å². The summed E-state index contributed by atoms with van der Waals surface area (Å²) in [5.41, 5.74) is 4.35. The van der Waals surface area contributed by atoms with E-state index in [0.717, 1.165) is 52.9 Å². The number of amides is 1. The molecular formula is C24H29N3O4S. The molecule has 0 radical (unpaired) electrons. The molecule has 8 heteroatoms. The topological polar surface area (TPSA) is 74.6 Å². The average Bonchev–Trinajstić information content (AvgIpc) is 3.57. The molecule has 3 heterocycles. The standard InChI is InChI=1S/C24H29N3O4S/c1-16-20(23(28)25-14-19-5-4-11-31-19)13-22(27(16)10-12-29-2)21-15-32-24(26-21)17-6-8-18(30-3)9-7-17/h6-9,13,15,19H,4-5,10-12,14H2,1-3H3,(H,25,28). The first kappa shape index (κ1) is 22.5. The number of nitrogens with one attached hydrogen (secondary N) is 1. The molecule has 1 fully saturated rings. The predicted octanol–water partition coefficient (Wildman–Crippen LogP) is 4.15. The van der Waals surface area contributed by atoms with E-state index in [0.29, 0.717) is 25.3 Å². The van der Waals surface area contributed by atoms with E-state index in [1.807, 2.05) is 42.6 Å². The maximum absolute atomic E-state index is 12.9. The third kappa shape index (κ3) is 4.87. The molecule has 0 aliphatic carbocycles. The SMILES string of the molecule is COCCn1c(-c2csc(-c3ccc(OC)cc3)n2)cc(C(=O)NCC2CCCO2)c1C. The summed E-state index contributed by atoms with van der Waals surface area (Å²) in [6.07, 6.45) is 2.16. The van der Waals surface area contributed by atoms with E-state index in [1.54, 1.807) is 25.6 Å². The van der Waals surface area contributed by atoms with E-state index in [-0.39, 0.29) is 12.0 Å². The fraction of sp³-hybridized carbons (Fsp3) is 0.417. The van der Waals surface area contributed by atoms with Crippen LogP contribution in [0.1, 0.15) is 28.9 Å². The summed E-state index contributed by atoms with van der Waals surface area (Å²) in [5, 5.41) is 5.99. The van der Waals surface area contributed by atoms with Gasteiger partial charge in [-0.15, -0.1) is 11.3 Å². The van der Waals surface area contributed by atoms with Crippen molar-refractivity contribution < 1.29 is 19.0 Å². The van der Waals surface area contributed by atoms with Crippen molar-refractivity contribution in [1.29, 1.82) is 0 Å². The second-order valence-corrected chi connectivity index (χ2v) is 8.64. The summed E-state index contributed by atoms with van der Waals surface area (Å²) in [6.45, 7) is 4.48. The van der Waals surface area contributed by atoms with Gasteiger partial charge in [-0.1, -0.05) is 0 Å². The molecule has 7 nitrogen and oxygen atoms in total. The molecule has 1 N–H and O–H groups in total. The molecule has 1 atom stereocenters. The van der Waals surface area contributed by atoms with Crippen LogP contribution in [-0.2, 0) is 16.0 Å². The molecule has 1 amide bonds.